The number of nitrogens with zero attached hydrogens (tertiary/aromatic N) is 3. The monoisotopic (exact) mass is 338 g/mol. The maximum atomic E-state index is 12.5. The van der Waals surface area contributed by atoms with Gasteiger partial charge in [0.2, 0.25) is 5.95 Å². The molecule has 128 valence electrons. The van der Waals surface area contributed by atoms with Gasteiger partial charge in [-0.15, -0.1) is 0 Å². The topological polar surface area (TPSA) is 88.1 Å². The third-order valence-electron chi connectivity index (χ3n) is 4.00. The first-order valence-electron chi connectivity index (χ1n) is 8.03. The molecular formula is C18H18N4O3. The van der Waals surface area contributed by atoms with Crippen LogP contribution in [-0.2, 0) is 7.05 Å². The summed E-state index contributed by atoms with van der Waals surface area (Å²) < 4.78 is 1.67. The first-order chi connectivity index (χ1) is 12.0. The van der Waals surface area contributed by atoms with Gasteiger partial charge in [-0.05, 0) is 24.6 Å². The molecule has 0 aliphatic carbocycles. The summed E-state index contributed by atoms with van der Waals surface area (Å²) in [5, 5.41) is 0. The van der Waals surface area contributed by atoms with Crippen molar-refractivity contribution in [2.24, 2.45) is 7.05 Å². The van der Waals surface area contributed by atoms with Crippen molar-refractivity contribution in [2.75, 3.05) is 4.90 Å². The van der Waals surface area contributed by atoms with E-state index >= 15 is 0 Å². The highest BCUT2D eigenvalue weighted by Gasteiger charge is 2.38. The van der Waals surface area contributed by atoms with Crippen molar-refractivity contribution in [3.8, 4) is 0 Å². The number of amides is 2. The molecule has 7 nitrogen and oxygen atoms in total. The summed E-state index contributed by atoms with van der Waals surface area (Å²) in [6.45, 7) is 5.82. The molecule has 1 aromatic carbocycles. The first-order valence-corrected chi connectivity index (χ1v) is 8.03. The third kappa shape index (κ3) is 2.36. The van der Waals surface area contributed by atoms with Crippen LogP contribution in [0.2, 0.25) is 0 Å². The Morgan fingerprint density at radius 2 is 1.56 bits per heavy atom. The largest absolute Gasteiger partial charge is 0.344 e. The Kier molecular flexibility index (Phi) is 4.00. The molecule has 2 aromatic heterocycles. The quantitative estimate of drug-likeness (QED) is 0.690. The average molecular weight is 338 g/mol. The molecule has 0 atom stereocenters. The molecule has 1 aliphatic heterocycles. The molecule has 0 fully saturated rings. The number of aromatic amines is 1. The van der Waals surface area contributed by atoms with E-state index in [1.807, 2.05) is 20.8 Å². The van der Waals surface area contributed by atoms with E-state index in [2.05, 4.69) is 9.97 Å². The molecule has 1 aliphatic rings. The Balaban J connectivity index is 0.000000880. The molecule has 7 heteroatoms. The lowest BCUT2D eigenvalue weighted by Gasteiger charge is -2.12. The lowest BCUT2D eigenvalue weighted by molar-refractivity contribution is 0.0924. The number of imide groups is 1. The van der Waals surface area contributed by atoms with Crippen molar-refractivity contribution < 1.29 is 9.59 Å². The second-order valence-corrected chi connectivity index (χ2v) is 5.50. The van der Waals surface area contributed by atoms with Gasteiger partial charge in [0.25, 0.3) is 17.4 Å². The van der Waals surface area contributed by atoms with Crippen molar-refractivity contribution in [3.05, 3.63) is 57.5 Å². The fourth-order valence-corrected chi connectivity index (χ4v) is 2.96. The van der Waals surface area contributed by atoms with Crippen LogP contribution in [-0.4, -0.2) is 26.3 Å². The van der Waals surface area contributed by atoms with Gasteiger partial charge < -0.3 is 4.57 Å². The molecule has 2 amide bonds. The minimum Gasteiger partial charge on any atom is -0.344 e. The lowest BCUT2D eigenvalue weighted by Crippen LogP contribution is -2.33. The zero-order chi connectivity index (χ0) is 18.3. The van der Waals surface area contributed by atoms with Crippen LogP contribution < -0.4 is 10.5 Å². The number of aryl methyl sites for hydroxylation is 2. The highest BCUT2D eigenvalue weighted by atomic mass is 16.2. The number of rotatable bonds is 1. The summed E-state index contributed by atoms with van der Waals surface area (Å²) in [5.41, 5.74) is 1.91. The Bertz CT molecular complexity index is 1030. The number of hydrogen-bond donors (Lipinski definition) is 1. The standard InChI is InChI=1S/C16H12N4O3.C2H6/c1-8-7-19(2)12-11(8)17-16(18-13(12)21)20-14(22)9-5-3-4-6-10(9)15(20)23;1-2/h3-7H,1-2H3,(H,17,18,21);1-2H3. The number of H-pyrrole nitrogens is 1. The van der Waals surface area contributed by atoms with Gasteiger partial charge in [0.1, 0.15) is 11.0 Å². The fraction of sp³-hybridized carbons (Fsp3) is 0.222. The van der Waals surface area contributed by atoms with E-state index in [0.717, 1.165) is 10.5 Å². The smallest absolute Gasteiger partial charge is 0.276 e. The van der Waals surface area contributed by atoms with Gasteiger partial charge in [0.15, 0.2) is 0 Å². The van der Waals surface area contributed by atoms with E-state index in [1.54, 1.807) is 42.1 Å². The Hall–Kier alpha value is -3.22. The van der Waals surface area contributed by atoms with Crippen LogP contribution in [0, 0.1) is 6.92 Å². The maximum Gasteiger partial charge on any atom is 0.276 e. The third-order valence-corrected chi connectivity index (χ3v) is 4.00. The number of anilines is 1. The second-order valence-electron chi connectivity index (χ2n) is 5.50. The molecule has 0 unspecified atom stereocenters. The van der Waals surface area contributed by atoms with Crippen LogP contribution in [0.1, 0.15) is 40.1 Å². The van der Waals surface area contributed by atoms with Crippen LogP contribution in [0.25, 0.3) is 11.0 Å². The highest BCUT2D eigenvalue weighted by molar-refractivity contribution is 6.33. The van der Waals surface area contributed by atoms with Crippen molar-refractivity contribution in [1.29, 1.82) is 0 Å². The minimum atomic E-state index is -0.485. The first kappa shape index (κ1) is 16.6. The number of benzene rings is 1. The highest BCUT2D eigenvalue weighted by Crippen LogP contribution is 2.26. The van der Waals surface area contributed by atoms with Crippen molar-refractivity contribution in [3.63, 3.8) is 0 Å². The number of fused-ring (bicyclic) bond motifs is 2. The van der Waals surface area contributed by atoms with E-state index in [-0.39, 0.29) is 5.95 Å². The fourth-order valence-electron chi connectivity index (χ4n) is 2.96. The van der Waals surface area contributed by atoms with Gasteiger partial charge >= 0.3 is 0 Å². The predicted molar refractivity (Wildman–Crippen MR) is 95.0 cm³/mol. The maximum absolute atomic E-state index is 12.5. The zero-order valence-corrected chi connectivity index (χ0v) is 14.5. The molecule has 3 heterocycles. The number of carbonyl (C=O) groups is 2. The van der Waals surface area contributed by atoms with Crippen LogP contribution in [0.15, 0.2) is 35.3 Å². The minimum absolute atomic E-state index is 0.0528. The summed E-state index contributed by atoms with van der Waals surface area (Å²) >= 11 is 0. The molecule has 3 aromatic rings. The SMILES string of the molecule is CC.Cc1cn(C)c2c(=O)[nH]c(N3C(=O)c4ccccc4C3=O)nc12. The van der Waals surface area contributed by atoms with Crippen LogP contribution in [0.3, 0.4) is 0 Å². The molecule has 0 saturated carbocycles. The molecule has 0 radical (unpaired) electrons. The summed E-state index contributed by atoms with van der Waals surface area (Å²) in [7, 11) is 1.74. The normalized spacial score (nSPS) is 13.0. The molecule has 1 N–H and O–H groups in total. The van der Waals surface area contributed by atoms with Gasteiger partial charge in [-0.25, -0.2) is 9.88 Å². The average Bonchev–Trinajstić information content (AvgIpc) is 3.04. The predicted octanol–water partition coefficient (Wildman–Crippen LogP) is 2.40. The van der Waals surface area contributed by atoms with Gasteiger partial charge in [-0.3, -0.25) is 19.4 Å². The Morgan fingerprint density at radius 1 is 1.00 bits per heavy atom. The molecular weight excluding hydrogens is 320 g/mol. The molecule has 0 bridgehead atoms. The van der Waals surface area contributed by atoms with E-state index in [0.29, 0.717) is 22.2 Å². The summed E-state index contributed by atoms with van der Waals surface area (Å²) in [5.74, 6) is -1.02. The molecule has 0 saturated heterocycles. The number of carbonyl (C=O) groups excluding carboxylic acids is 2. The van der Waals surface area contributed by atoms with Crippen molar-refractivity contribution >= 4 is 28.8 Å². The summed E-state index contributed by atoms with van der Waals surface area (Å²) in [4.78, 5) is 45.1. The zero-order valence-electron chi connectivity index (χ0n) is 14.5. The molecule has 0 spiro atoms. The van der Waals surface area contributed by atoms with Crippen LogP contribution in [0.5, 0.6) is 0 Å². The Labute approximate surface area is 143 Å². The second kappa shape index (κ2) is 6.01. The van der Waals surface area contributed by atoms with E-state index in [4.69, 9.17) is 0 Å². The summed E-state index contributed by atoms with van der Waals surface area (Å²) in [6, 6.07) is 6.54. The van der Waals surface area contributed by atoms with Crippen molar-refractivity contribution in [1.82, 2.24) is 14.5 Å². The van der Waals surface area contributed by atoms with Crippen molar-refractivity contribution in [2.45, 2.75) is 20.8 Å². The molecule has 25 heavy (non-hydrogen) atoms. The van der Waals surface area contributed by atoms with E-state index in [9.17, 15) is 14.4 Å². The van der Waals surface area contributed by atoms with Gasteiger partial charge in [0, 0.05) is 13.2 Å². The summed E-state index contributed by atoms with van der Waals surface area (Å²) in [6.07, 6.45) is 1.78. The number of hydrogen-bond acceptors (Lipinski definition) is 4. The number of nitrogens with one attached hydrogen (secondary N) is 1. The lowest BCUT2D eigenvalue weighted by atomic mass is 10.1. The van der Waals surface area contributed by atoms with E-state index in [1.165, 1.54) is 0 Å². The van der Waals surface area contributed by atoms with Gasteiger partial charge in [-0.2, -0.15) is 0 Å². The van der Waals surface area contributed by atoms with Gasteiger partial charge in [-0.1, -0.05) is 26.0 Å². The molecule has 4 rings (SSSR count). The van der Waals surface area contributed by atoms with Crippen LogP contribution in [0.4, 0.5) is 5.95 Å². The number of aromatic nitrogens is 3. The van der Waals surface area contributed by atoms with E-state index < -0.39 is 17.4 Å². The van der Waals surface area contributed by atoms with Crippen LogP contribution >= 0.6 is 0 Å². The van der Waals surface area contributed by atoms with Gasteiger partial charge in [0.05, 0.1) is 11.1 Å². The Morgan fingerprint density at radius 3 is 2.12 bits per heavy atom.